The van der Waals surface area contributed by atoms with Gasteiger partial charge in [0.25, 0.3) is 0 Å². The first-order chi connectivity index (χ1) is 17.6. The van der Waals surface area contributed by atoms with Crippen LogP contribution < -0.4 is 5.32 Å². The molecule has 4 rings (SSSR count). The van der Waals surface area contributed by atoms with E-state index in [0.717, 1.165) is 18.4 Å². The second-order valence-electron chi connectivity index (χ2n) is 9.49. The number of phenolic OH excluding ortho intramolecular Hbond substituents is 1. The van der Waals surface area contributed by atoms with Crippen LogP contribution in [0.4, 0.5) is 4.79 Å². The smallest absolute Gasteiger partial charge is 0.413 e. The van der Waals surface area contributed by atoms with Gasteiger partial charge in [-0.25, -0.2) is 9.59 Å². The van der Waals surface area contributed by atoms with E-state index in [1.54, 1.807) is 36.4 Å². The summed E-state index contributed by atoms with van der Waals surface area (Å²) in [5.74, 6) is -1.56. The van der Waals surface area contributed by atoms with Crippen molar-refractivity contribution in [1.29, 1.82) is 0 Å². The summed E-state index contributed by atoms with van der Waals surface area (Å²) in [6.07, 6.45) is 1.59. The Morgan fingerprint density at radius 2 is 1.81 bits per heavy atom. The van der Waals surface area contributed by atoms with Crippen LogP contribution in [0.5, 0.6) is 5.75 Å². The third-order valence-corrected chi connectivity index (χ3v) is 7.54. The van der Waals surface area contributed by atoms with E-state index in [4.69, 9.17) is 21.1 Å². The van der Waals surface area contributed by atoms with Gasteiger partial charge in [-0.15, -0.1) is 0 Å². The van der Waals surface area contributed by atoms with Gasteiger partial charge >= 0.3 is 12.1 Å². The second-order valence-corrected chi connectivity index (χ2v) is 9.90. The first-order valence-electron chi connectivity index (χ1n) is 12.1. The van der Waals surface area contributed by atoms with Gasteiger partial charge in [-0.1, -0.05) is 41.9 Å². The number of carbonyl (C=O) groups excluding carboxylic acids is 4. The highest BCUT2D eigenvalue weighted by Crippen LogP contribution is 2.52. The van der Waals surface area contributed by atoms with Crippen LogP contribution in [0.3, 0.4) is 0 Å². The maximum Gasteiger partial charge on any atom is 0.413 e. The summed E-state index contributed by atoms with van der Waals surface area (Å²) in [7, 11) is 1.47. The fourth-order valence-electron chi connectivity index (χ4n) is 5.25. The molecule has 0 saturated heterocycles. The molecule has 1 unspecified atom stereocenters. The Morgan fingerprint density at radius 1 is 1.11 bits per heavy atom. The van der Waals surface area contributed by atoms with Crippen molar-refractivity contribution in [1.82, 2.24) is 10.2 Å². The van der Waals surface area contributed by atoms with E-state index in [-0.39, 0.29) is 17.5 Å². The molecule has 0 radical (unpaired) electrons. The minimum Gasteiger partial charge on any atom is -0.508 e. The van der Waals surface area contributed by atoms with Gasteiger partial charge in [0.1, 0.15) is 16.8 Å². The number of esters is 1. The minimum atomic E-state index is -1.29. The van der Waals surface area contributed by atoms with Crippen molar-refractivity contribution in [2.24, 2.45) is 0 Å². The van der Waals surface area contributed by atoms with Gasteiger partial charge in [0.05, 0.1) is 0 Å². The van der Waals surface area contributed by atoms with Crippen LogP contribution in [0.2, 0.25) is 5.02 Å². The van der Waals surface area contributed by atoms with E-state index >= 15 is 0 Å². The van der Waals surface area contributed by atoms with Crippen LogP contribution >= 0.6 is 11.6 Å². The number of hydrogen-bond donors (Lipinski definition) is 2. The van der Waals surface area contributed by atoms with Crippen molar-refractivity contribution in [3.05, 3.63) is 64.7 Å². The fourth-order valence-corrected chi connectivity index (χ4v) is 5.54. The molecule has 0 aromatic heterocycles. The number of halogens is 1. The first-order valence-corrected chi connectivity index (χ1v) is 12.4. The second kappa shape index (κ2) is 10.4. The standard InChI is InChI=1S/C27H29ClN2O7/c1-17(31)29-26(15-21(26)18-10-12-19(32)13-11-18)24(34)36-16-37-25(35)30(2)27(14-6-5-9-23(27)33)20-7-3-4-8-22(20)28/h3-4,7-8,10-13,21,32H,5-6,9,14-16H2,1-2H3,(H,29,31)/t21-,26?,27-/m0/s1. The topological polar surface area (TPSA) is 122 Å². The largest absolute Gasteiger partial charge is 0.508 e. The van der Waals surface area contributed by atoms with Crippen LogP contribution in [0.15, 0.2) is 48.5 Å². The summed E-state index contributed by atoms with van der Waals surface area (Å²) in [5.41, 5.74) is -1.30. The molecule has 10 heteroatoms. The lowest BCUT2D eigenvalue weighted by Gasteiger charge is -2.43. The van der Waals surface area contributed by atoms with Gasteiger partial charge in [-0.3, -0.25) is 14.5 Å². The molecule has 196 valence electrons. The van der Waals surface area contributed by atoms with Gasteiger partial charge < -0.3 is 19.9 Å². The molecule has 2 N–H and O–H groups in total. The Balaban J connectivity index is 1.45. The molecule has 2 aromatic rings. The van der Waals surface area contributed by atoms with Gasteiger partial charge in [-0.2, -0.15) is 0 Å². The Kier molecular flexibility index (Phi) is 7.45. The maximum atomic E-state index is 13.2. The van der Waals surface area contributed by atoms with Gasteiger partial charge in [0, 0.05) is 36.9 Å². The van der Waals surface area contributed by atoms with Crippen LogP contribution in [-0.2, 0) is 29.4 Å². The number of phenols is 1. The average Bonchev–Trinajstić information content (AvgIpc) is 3.59. The summed E-state index contributed by atoms with van der Waals surface area (Å²) in [6.45, 7) is 0.601. The number of ketones is 1. The molecule has 0 bridgehead atoms. The number of hydrogen-bond acceptors (Lipinski definition) is 7. The molecule has 2 aliphatic rings. The van der Waals surface area contributed by atoms with Crippen molar-refractivity contribution < 1.29 is 33.8 Å². The normalized spacial score (nSPS) is 24.6. The van der Waals surface area contributed by atoms with Crippen molar-refractivity contribution in [2.45, 2.75) is 56.0 Å². The molecule has 0 heterocycles. The summed E-state index contributed by atoms with van der Waals surface area (Å²) in [5, 5.41) is 12.6. The minimum absolute atomic E-state index is 0.0825. The Bertz CT molecular complexity index is 1220. The summed E-state index contributed by atoms with van der Waals surface area (Å²) in [6, 6.07) is 13.2. The molecule has 3 atom stereocenters. The molecule has 0 spiro atoms. The lowest BCUT2D eigenvalue weighted by molar-refractivity contribution is -0.158. The molecule has 2 aliphatic carbocycles. The first kappa shape index (κ1) is 26.5. The summed E-state index contributed by atoms with van der Waals surface area (Å²) in [4.78, 5) is 52.3. The number of amides is 2. The number of nitrogens with zero attached hydrogens (tertiary/aromatic N) is 1. The van der Waals surface area contributed by atoms with Gasteiger partial charge in [0.2, 0.25) is 12.7 Å². The third-order valence-electron chi connectivity index (χ3n) is 7.21. The molecular formula is C27H29ClN2O7. The molecule has 37 heavy (non-hydrogen) atoms. The van der Waals surface area contributed by atoms with E-state index in [1.807, 2.05) is 0 Å². The Labute approximate surface area is 219 Å². The number of Topliss-reactive ketones (excluding diaryl/α,β-unsaturated/α-hetero) is 1. The van der Waals surface area contributed by atoms with Crippen LogP contribution in [0.1, 0.15) is 56.1 Å². The van der Waals surface area contributed by atoms with E-state index in [0.29, 0.717) is 29.8 Å². The van der Waals surface area contributed by atoms with Crippen molar-refractivity contribution in [2.75, 3.05) is 13.8 Å². The maximum absolute atomic E-state index is 13.2. The summed E-state index contributed by atoms with van der Waals surface area (Å²) < 4.78 is 10.5. The highest BCUT2D eigenvalue weighted by molar-refractivity contribution is 6.31. The number of benzene rings is 2. The number of likely N-dealkylation sites (N-methyl/N-ethyl adjacent to an activating group) is 1. The SMILES string of the molecule is CC(=O)NC1(C(=O)OCOC(=O)N(C)[C@]2(c3ccccc3Cl)CCCCC2=O)C[C@H]1c1ccc(O)cc1. The molecule has 0 aliphatic heterocycles. The number of rotatable bonds is 7. The molecule has 2 aromatic carbocycles. The van der Waals surface area contributed by atoms with E-state index in [1.165, 1.54) is 31.0 Å². The lowest BCUT2D eigenvalue weighted by atomic mass is 9.74. The van der Waals surface area contributed by atoms with Crippen molar-refractivity contribution in [3.63, 3.8) is 0 Å². The zero-order valence-corrected chi connectivity index (χ0v) is 21.4. The van der Waals surface area contributed by atoms with E-state index in [9.17, 15) is 24.3 Å². The monoisotopic (exact) mass is 528 g/mol. The quantitative estimate of drug-likeness (QED) is 0.411. The lowest BCUT2D eigenvalue weighted by Crippen LogP contribution is -2.54. The van der Waals surface area contributed by atoms with Crippen LogP contribution in [0, 0.1) is 0 Å². The number of ether oxygens (including phenoxy) is 2. The third kappa shape index (κ3) is 5.00. The zero-order valence-electron chi connectivity index (χ0n) is 20.7. The van der Waals surface area contributed by atoms with E-state index in [2.05, 4.69) is 5.32 Å². The Morgan fingerprint density at radius 3 is 2.46 bits per heavy atom. The van der Waals surface area contributed by atoms with Gasteiger partial charge in [-0.05, 0) is 49.4 Å². The van der Waals surface area contributed by atoms with E-state index < -0.39 is 35.8 Å². The molecule has 9 nitrogen and oxygen atoms in total. The van der Waals surface area contributed by atoms with Gasteiger partial charge in [0.15, 0.2) is 5.78 Å². The number of carbonyl (C=O) groups is 4. The Hall–Kier alpha value is -3.59. The fraction of sp³-hybridized carbons (Fsp3) is 0.407. The molecular weight excluding hydrogens is 500 g/mol. The number of nitrogens with one attached hydrogen (secondary N) is 1. The highest BCUT2D eigenvalue weighted by atomic mass is 35.5. The summed E-state index contributed by atoms with van der Waals surface area (Å²) >= 11 is 6.43. The van der Waals surface area contributed by atoms with Crippen LogP contribution in [-0.4, -0.2) is 53.1 Å². The predicted molar refractivity (Wildman–Crippen MR) is 134 cm³/mol. The van der Waals surface area contributed by atoms with Crippen LogP contribution in [0.25, 0.3) is 0 Å². The van der Waals surface area contributed by atoms with Crippen molar-refractivity contribution in [3.8, 4) is 5.75 Å². The zero-order chi connectivity index (χ0) is 26.8. The number of aromatic hydroxyl groups is 1. The predicted octanol–water partition coefficient (Wildman–Crippen LogP) is 4.02. The molecule has 2 fully saturated rings. The highest BCUT2D eigenvalue weighted by Gasteiger charge is 2.63. The van der Waals surface area contributed by atoms with Crippen molar-refractivity contribution >= 4 is 35.4 Å². The molecule has 2 amide bonds. The molecule has 2 saturated carbocycles. The average molecular weight is 529 g/mol.